The molecule has 1 amide bonds. The molecule has 1 aromatic rings. The molecule has 6 nitrogen and oxygen atoms in total. The summed E-state index contributed by atoms with van der Waals surface area (Å²) in [4.78, 5) is 25.0. The number of amides is 1. The van der Waals surface area contributed by atoms with E-state index in [0.717, 1.165) is 18.4 Å². The van der Waals surface area contributed by atoms with Crippen molar-refractivity contribution in [2.45, 2.75) is 38.8 Å². The maximum atomic E-state index is 12.4. The second-order valence-corrected chi connectivity index (χ2v) is 5.75. The van der Waals surface area contributed by atoms with Gasteiger partial charge in [-0.2, -0.15) is 0 Å². The molecular formula is C18H23NO5. The molecule has 1 N–H and O–H groups in total. The van der Waals surface area contributed by atoms with Gasteiger partial charge in [-0.3, -0.25) is 4.79 Å². The third-order valence-corrected chi connectivity index (χ3v) is 3.90. The van der Waals surface area contributed by atoms with Crippen LogP contribution in [-0.2, 0) is 9.59 Å². The molecule has 1 saturated carbocycles. The minimum atomic E-state index is -1.01. The van der Waals surface area contributed by atoms with Crippen LogP contribution in [0.1, 0.15) is 32.3 Å². The maximum absolute atomic E-state index is 12.4. The van der Waals surface area contributed by atoms with Gasteiger partial charge in [-0.15, -0.1) is 0 Å². The fourth-order valence-corrected chi connectivity index (χ4v) is 2.52. The Morgan fingerprint density at radius 1 is 1.38 bits per heavy atom. The number of hydrogen-bond acceptors (Lipinski definition) is 4. The Morgan fingerprint density at radius 2 is 2.08 bits per heavy atom. The van der Waals surface area contributed by atoms with E-state index in [2.05, 4.69) is 0 Å². The van der Waals surface area contributed by atoms with Crippen molar-refractivity contribution in [2.75, 3.05) is 13.7 Å². The van der Waals surface area contributed by atoms with Gasteiger partial charge in [0.05, 0.1) is 7.11 Å². The summed E-state index contributed by atoms with van der Waals surface area (Å²) in [5.41, 5.74) is 0.965. The van der Waals surface area contributed by atoms with Crippen LogP contribution in [0.3, 0.4) is 0 Å². The highest BCUT2D eigenvalue weighted by molar-refractivity contribution is 5.85. The summed E-state index contributed by atoms with van der Waals surface area (Å²) >= 11 is 0. The topological polar surface area (TPSA) is 76.1 Å². The van der Waals surface area contributed by atoms with E-state index in [1.807, 2.05) is 31.2 Å². The Labute approximate surface area is 141 Å². The Balaban J connectivity index is 2.06. The molecule has 0 radical (unpaired) electrons. The Bertz CT molecular complexity index is 636. The van der Waals surface area contributed by atoms with Crippen LogP contribution in [0.4, 0.5) is 0 Å². The quantitative estimate of drug-likeness (QED) is 0.791. The summed E-state index contributed by atoms with van der Waals surface area (Å²) in [7, 11) is 1.53. The molecule has 24 heavy (non-hydrogen) atoms. The molecule has 0 aromatic heterocycles. The summed E-state index contributed by atoms with van der Waals surface area (Å²) in [5, 5.41) is 9.17. The number of ether oxygens (including phenoxy) is 2. The summed E-state index contributed by atoms with van der Waals surface area (Å²) in [6.07, 6.45) is 5.52. The largest absolute Gasteiger partial charge is 0.493 e. The van der Waals surface area contributed by atoms with Crippen LogP contribution in [0.25, 0.3) is 6.08 Å². The van der Waals surface area contributed by atoms with Crippen molar-refractivity contribution in [3.8, 4) is 11.5 Å². The molecule has 6 heteroatoms. The van der Waals surface area contributed by atoms with Crippen molar-refractivity contribution in [3.63, 3.8) is 0 Å². The molecule has 1 aliphatic carbocycles. The molecule has 1 aliphatic rings. The zero-order valence-corrected chi connectivity index (χ0v) is 14.2. The summed E-state index contributed by atoms with van der Waals surface area (Å²) in [5.74, 6) is -0.351. The van der Waals surface area contributed by atoms with Gasteiger partial charge in [0.1, 0.15) is 6.04 Å². The highest BCUT2D eigenvalue weighted by Crippen LogP contribution is 2.31. The van der Waals surface area contributed by atoms with Gasteiger partial charge in [0.15, 0.2) is 18.1 Å². The molecule has 1 fully saturated rings. The van der Waals surface area contributed by atoms with Crippen LogP contribution >= 0.6 is 0 Å². The SMILES string of the molecule is C/C=C/c1ccc(OCC(=O)N(C2CC2)C(C)C(=O)O)c(OC)c1. The Hall–Kier alpha value is -2.50. The molecule has 1 unspecified atom stereocenters. The molecule has 0 bridgehead atoms. The number of carbonyl (C=O) groups is 2. The van der Waals surface area contributed by atoms with Crippen LogP contribution in [0, 0.1) is 0 Å². The lowest BCUT2D eigenvalue weighted by Gasteiger charge is -2.26. The minimum absolute atomic E-state index is 0.00571. The third-order valence-electron chi connectivity index (χ3n) is 3.90. The van der Waals surface area contributed by atoms with Gasteiger partial charge in [-0.05, 0) is 44.4 Å². The fraction of sp³-hybridized carbons (Fsp3) is 0.444. The number of hydrogen-bond donors (Lipinski definition) is 1. The predicted molar refractivity (Wildman–Crippen MR) is 90.2 cm³/mol. The van der Waals surface area contributed by atoms with E-state index in [9.17, 15) is 9.59 Å². The number of carbonyl (C=O) groups excluding carboxylic acids is 1. The predicted octanol–water partition coefficient (Wildman–Crippen LogP) is 2.57. The maximum Gasteiger partial charge on any atom is 0.326 e. The van der Waals surface area contributed by atoms with Crippen molar-refractivity contribution in [1.29, 1.82) is 0 Å². The second kappa shape index (κ2) is 7.86. The lowest BCUT2D eigenvalue weighted by atomic mass is 10.2. The van der Waals surface area contributed by atoms with E-state index in [1.165, 1.54) is 18.9 Å². The fourth-order valence-electron chi connectivity index (χ4n) is 2.52. The highest BCUT2D eigenvalue weighted by Gasteiger charge is 2.38. The normalized spacial score (nSPS) is 15.1. The number of carboxylic acids is 1. The van der Waals surface area contributed by atoms with Crippen molar-refractivity contribution in [3.05, 3.63) is 29.8 Å². The monoisotopic (exact) mass is 333 g/mol. The smallest absolute Gasteiger partial charge is 0.326 e. The first-order chi connectivity index (χ1) is 11.5. The van der Waals surface area contributed by atoms with Gasteiger partial charge in [0.2, 0.25) is 0 Å². The van der Waals surface area contributed by atoms with Crippen LogP contribution in [0.2, 0.25) is 0 Å². The van der Waals surface area contributed by atoms with E-state index >= 15 is 0 Å². The van der Waals surface area contributed by atoms with Gasteiger partial charge in [-0.1, -0.05) is 18.2 Å². The number of rotatable bonds is 8. The van der Waals surface area contributed by atoms with Crippen LogP contribution in [0.15, 0.2) is 24.3 Å². The third kappa shape index (κ3) is 4.28. The van der Waals surface area contributed by atoms with Crippen molar-refractivity contribution < 1.29 is 24.2 Å². The zero-order valence-electron chi connectivity index (χ0n) is 14.2. The summed E-state index contributed by atoms with van der Waals surface area (Å²) in [6.45, 7) is 3.23. The number of nitrogens with zero attached hydrogens (tertiary/aromatic N) is 1. The molecule has 1 aromatic carbocycles. The lowest BCUT2D eigenvalue weighted by molar-refractivity contribution is -0.150. The van der Waals surface area contributed by atoms with E-state index in [0.29, 0.717) is 11.5 Å². The minimum Gasteiger partial charge on any atom is -0.493 e. The highest BCUT2D eigenvalue weighted by atomic mass is 16.5. The molecule has 1 atom stereocenters. The molecule has 0 saturated heterocycles. The lowest BCUT2D eigenvalue weighted by Crippen LogP contribution is -2.46. The van der Waals surface area contributed by atoms with Gasteiger partial charge >= 0.3 is 5.97 Å². The van der Waals surface area contributed by atoms with Gasteiger partial charge in [0, 0.05) is 6.04 Å². The van der Waals surface area contributed by atoms with Crippen molar-refractivity contribution >= 4 is 18.0 Å². The van der Waals surface area contributed by atoms with Crippen LogP contribution < -0.4 is 9.47 Å². The first kappa shape index (κ1) is 17.8. The molecule has 2 rings (SSSR count). The van der Waals surface area contributed by atoms with Gasteiger partial charge < -0.3 is 19.5 Å². The summed E-state index contributed by atoms with van der Waals surface area (Å²) in [6, 6.07) is 4.57. The first-order valence-corrected chi connectivity index (χ1v) is 7.95. The van der Waals surface area contributed by atoms with Crippen molar-refractivity contribution in [1.82, 2.24) is 4.90 Å². The van der Waals surface area contributed by atoms with Crippen LogP contribution in [0.5, 0.6) is 11.5 Å². The molecule has 0 heterocycles. The van der Waals surface area contributed by atoms with E-state index in [-0.39, 0.29) is 18.6 Å². The average molecular weight is 333 g/mol. The number of aliphatic carboxylic acids is 1. The molecule has 130 valence electrons. The first-order valence-electron chi connectivity index (χ1n) is 7.95. The van der Waals surface area contributed by atoms with E-state index in [1.54, 1.807) is 6.07 Å². The second-order valence-electron chi connectivity index (χ2n) is 5.75. The van der Waals surface area contributed by atoms with Crippen LogP contribution in [-0.4, -0.2) is 47.7 Å². The number of methoxy groups -OCH3 is 1. The molecule has 0 spiro atoms. The Morgan fingerprint density at radius 3 is 2.62 bits per heavy atom. The number of allylic oxidation sites excluding steroid dienone is 1. The average Bonchev–Trinajstić information content (AvgIpc) is 3.38. The van der Waals surface area contributed by atoms with Crippen molar-refractivity contribution in [2.24, 2.45) is 0 Å². The number of benzene rings is 1. The molecule has 0 aliphatic heterocycles. The van der Waals surface area contributed by atoms with E-state index in [4.69, 9.17) is 14.6 Å². The molecular weight excluding hydrogens is 310 g/mol. The van der Waals surface area contributed by atoms with Gasteiger partial charge in [-0.25, -0.2) is 4.79 Å². The summed E-state index contributed by atoms with van der Waals surface area (Å²) < 4.78 is 10.9. The standard InChI is InChI=1S/C18H23NO5/c1-4-5-13-6-9-15(16(10-13)23-3)24-11-17(20)19(14-7-8-14)12(2)18(21)22/h4-6,9-10,12,14H,7-8,11H2,1-3H3,(H,21,22)/b5-4+. The zero-order chi connectivity index (χ0) is 17.7. The van der Waals surface area contributed by atoms with Gasteiger partial charge in [0.25, 0.3) is 5.91 Å². The number of carboxylic acid groups (broad SMARTS) is 1. The van der Waals surface area contributed by atoms with E-state index < -0.39 is 12.0 Å². The Kier molecular flexibility index (Phi) is 5.84.